The smallest absolute Gasteiger partial charge is 0.320 e. The van der Waals surface area contributed by atoms with Crippen molar-refractivity contribution in [3.63, 3.8) is 0 Å². The molecule has 1 saturated heterocycles. The van der Waals surface area contributed by atoms with Gasteiger partial charge >= 0.3 is 6.03 Å². The Bertz CT molecular complexity index is 464. The van der Waals surface area contributed by atoms with Crippen LogP contribution in [0.1, 0.15) is 18.5 Å². The van der Waals surface area contributed by atoms with Gasteiger partial charge in [-0.1, -0.05) is 6.07 Å². The second kappa shape index (κ2) is 4.84. The van der Waals surface area contributed by atoms with Crippen LogP contribution in [0.15, 0.2) is 18.2 Å². The quantitative estimate of drug-likeness (QED) is 0.826. The first-order chi connectivity index (χ1) is 8.58. The fourth-order valence-electron chi connectivity index (χ4n) is 2.25. The van der Waals surface area contributed by atoms with Crippen molar-refractivity contribution in [2.24, 2.45) is 0 Å². The van der Waals surface area contributed by atoms with Crippen LogP contribution in [0.25, 0.3) is 0 Å². The normalized spacial score (nSPS) is 19.6. The van der Waals surface area contributed by atoms with Crippen molar-refractivity contribution in [1.29, 1.82) is 0 Å². The third kappa shape index (κ3) is 2.00. The summed E-state index contributed by atoms with van der Waals surface area (Å²) >= 11 is 0. The standard InChI is InChI=1S/C13H17FN2O2/c1-4-16-8-11(15(2)13(16)17)9-5-6-12(18-3)10(14)7-9/h5-7,11H,4,8H2,1-3H3. The molecule has 0 aromatic heterocycles. The minimum Gasteiger partial charge on any atom is -0.494 e. The number of nitrogens with zero attached hydrogens (tertiary/aromatic N) is 2. The lowest BCUT2D eigenvalue weighted by Crippen LogP contribution is -2.29. The molecule has 1 heterocycles. The summed E-state index contributed by atoms with van der Waals surface area (Å²) in [5.74, 6) is -0.177. The third-order valence-electron chi connectivity index (χ3n) is 3.38. The van der Waals surface area contributed by atoms with Gasteiger partial charge in [0.25, 0.3) is 0 Å². The third-order valence-corrected chi connectivity index (χ3v) is 3.38. The number of benzene rings is 1. The molecule has 18 heavy (non-hydrogen) atoms. The summed E-state index contributed by atoms with van der Waals surface area (Å²) in [7, 11) is 3.17. The molecular formula is C13H17FN2O2. The van der Waals surface area contributed by atoms with Crippen molar-refractivity contribution < 1.29 is 13.9 Å². The van der Waals surface area contributed by atoms with Gasteiger partial charge in [-0.3, -0.25) is 0 Å². The molecule has 1 fully saturated rings. The summed E-state index contributed by atoms with van der Waals surface area (Å²) < 4.78 is 18.6. The molecule has 0 saturated carbocycles. The molecule has 4 nitrogen and oxygen atoms in total. The Morgan fingerprint density at radius 3 is 2.72 bits per heavy atom. The highest BCUT2D eigenvalue weighted by atomic mass is 19.1. The largest absolute Gasteiger partial charge is 0.494 e. The lowest BCUT2D eigenvalue weighted by molar-refractivity contribution is 0.197. The van der Waals surface area contributed by atoms with E-state index in [4.69, 9.17) is 4.74 Å². The van der Waals surface area contributed by atoms with Gasteiger partial charge in [0.2, 0.25) is 0 Å². The highest BCUT2D eigenvalue weighted by Crippen LogP contribution is 2.30. The second-order valence-electron chi connectivity index (χ2n) is 4.34. The molecule has 1 atom stereocenters. The van der Waals surface area contributed by atoms with Crippen molar-refractivity contribution >= 4 is 6.03 Å². The van der Waals surface area contributed by atoms with Gasteiger partial charge in [0, 0.05) is 20.1 Å². The fourth-order valence-corrected chi connectivity index (χ4v) is 2.25. The SMILES string of the molecule is CCN1CC(c2ccc(OC)c(F)c2)N(C)C1=O. The van der Waals surface area contributed by atoms with Gasteiger partial charge in [0.05, 0.1) is 13.2 Å². The molecule has 0 aliphatic carbocycles. The van der Waals surface area contributed by atoms with Crippen LogP contribution in [0.2, 0.25) is 0 Å². The van der Waals surface area contributed by atoms with E-state index >= 15 is 0 Å². The fraction of sp³-hybridized carbons (Fsp3) is 0.462. The summed E-state index contributed by atoms with van der Waals surface area (Å²) in [6.07, 6.45) is 0. The van der Waals surface area contributed by atoms with E-state index in [1.54, 1.807) is 29.0 Å². The Balaban J connectivity index is 2.27. The maximum absolute atomic E-state index is 13.7. The number of ether oxygens (including phenoxy) is 1. The predicted molar refractivity (Wildman–Crippen MR) is 66.1 cm³/mol. The molecule has 1 aliphatic rings. The van der Waals surface area contributed by atoms with E-state index in [2.05, 4.69) is 0 Å². The minimum atomic E-state index is -0.397. The lowest BCUT2D eigenvalue weighted by atomic mass is 10.1. The van der Waals surface area contributed by atoms with E-state index in [0.29, 0.717) is 13.1 Å². The number of rotatable bonds is 3. The molecule has 1 aromatic rings. The average molecular weight is 252 g/mol. The first kappa shape index (κ1) is 12.7. The summed E-state index contributed by atoms with van der Waals surface area (Å²) in [5, 5.41) is 0. The summed E-state index contributed by atoms with van der Waals surface area (Å²) in [6, 6.07) is 4.72. The van der Waals surface area contributed by atoms with Gasteiger partial charge in [-0.15, -0.1) is 0 Å². The van der Waals surface area contributed by atoms with Gasteiger partial charge < -0.3 is 14.5 Å². The number of urea groups is 1. The van der Waals surface area contributed by atoms with Gasteiger partial charge in [-0.2, -0.15) is 0 Å². The monoisotopic (exact) mass is 252 g/mol. The number of carbonyl (C=O) groups is 1. The van der Waals surface area contributed by atoms with E-state index in [1.807, 2.05) is 6.92 Å². The van der Waals surface area contributed by atoms with Crippen molar-refractivity contribution in [2.45, 2.75) is 13.0 Å². The Morgan fingerprint density at radius 2 is 2.22 bits per heavy atom. The molecule has 0 radical (unpaired) electrons. The zero-order chi connectivity index (χ0) is 13.3. The Kier molecular flexibility index (Phi) is 3.41. The molecule has 2 rings (SSSR count). The average Bonchev–Trinajstić information content (AvgIpc) is 2.66. The highest BCUT2D eigenvalue weighted by Gasteiger charge is 2.34. The van der Waals surface area contributed by atoms with Crippen LogP contribution in [-0.2, 0) is 0 Å². The van der Waals surface area contributed by atoms with E-state index in [9.17, 15) is 9.18 Å². The molecule has 5 heteroatoms. The number of likely N-dealkylation sites (N-methyl/N-ethyl adjacent to an activating group) is 2. The maximum atomic E-state index is 13.7. The molecule has 0 bridgehead atoms. The maximum Gasteiger partial charge on any atom is 0.320 e. The van der Waals surface area contributed by atoms with E-state index < -0.39 is 5.82 Å². The number of halogens is 1. The summed E-state index contributed by atoms with van der Waals surface area (Å²) in [5.41, 5.74) is 0.792. The van der Waals surface area contributed by atoms with Crippen molar-refractivity contribution in [2.75, 3.05) is 27.2 Å². The molecule has 2 amide bonds. The van der Waals surface area contributed by atoms with E-state index in [0.717, 1.165) is 5.56 Å². The lowest BCUT2D eigenvalue weighted by Gasteiger charge is -2.18. The van der Waals surface area contributed by atoms with Crippen molar-refractivity contribution in [1.82, 2.24) is 9.80 Å². The topological polar surface area (TPSA) is 32.8 Å². The number of methoxy groups -OCH3 is 1. The molecule has 1 aliphatic heterocycles. The van der Waals surface area contributed by atoms with Gasteiger partial charge in [0.1, 0.15) is 0 Å². The Morgan fingerprint density at radius 1 is 1.50 bits per heavy atom. The number of amides is 2. The van der Waals surface area contributed by atoms with Crippen LogP contribution in [0.3, 0.4) is 0 Å². The van der Waals surface area contributed by atoms with Crippen LogP contribution < -0.4 is 4.74 Å². The molecule has 1 unspecified atom stereocenters. The zero-order valence-corrected chi connectivity index (χ0v) is 10.8. The molecular weight excluding hydrogens is 235 g/mol. The van der Waals surface area contributed by atoms with E-state index in [1.165, 1.54) is 13.2 Å². The van der Waals surface area contributed by atoms with Crippen molar-refractivity contribution in [3.8, 4) is 5.75 Å². The second-order valence-corrected chi connectivity index (χ2v) is 4.34. The molecule has 1 aromatic carbocycles. The molecule has 0 spiro atoms. The Labute approximate surface area is 106 Å². The van der Waals surface area contributed by atoms with Gasteiger partial charge in [-0.05, 0) is 24.6 Å². The number of hydrogen-bond acceptors (Lipinski definition) is 2. The minimum absolute atomic E-state index is 0.0151. The molecule has 98 valence electrons. The van der Waals surface area contributed by atoms with Crippen LogP contribution in [-0.4, -0.2) is 43.1 Å². The first-order valence-corrected chi connectivity index (χ1v) is 5.93. The molecule has 0 N–H and O–H groups in total. The summed E-state index contributed by atoms with van der Waals surface area (Å²) in [4.78, 5) is 15.2. The van der Waals surface area contributed by atoms with Crippen molar-refractivity contribution in [3.05, 3.63) is 29.6 Å². The van der Waals surface area contributed by atoms with Crippen LogP contribution in [0, 0.1) is 5.82 Å². The highest BCUT2D eigenvalue weighted by molar-refractivity contribution is 5.77. The van der Waals surface area contributed by atoms with Crippen LogP contribution in [0.4, 0.5) is 9.18 Å². The van der Waals surface area contributed by atoms with Gasteiger partial charge in [-0.25, -0.2) is 9.18 Å². The number of hydrogen-bond donors (Lipinski definition) is 0. The number of carbonyl (C=O) groups excluding carboxylic acids is 1. The Hall–Kier alpha value is -1.78. The zero-order valence-electron chi connectivity index (χ0n) is 10.8. The first-order valence-electron chi connectivity index (χ1n) is 5.93. The van der Waals surface area contributed by atoms with Gasteiger partial charge in [0.15, 0.2) is 11.6 Å². The van der Waals surface area contributed by atoms with E-state index in [-0.39, 0.29) is 17.8 Å². The summed E-state index contributed by atoms with van der Waals surface area (Å²) in [6.45, 7) is 3.19. The van der Waals surface area contributed by atoms with Crippen LogP contribution in [0.5, 0.6) is 5.75 Å². The van der Waals surface area contributed by atoms with Crippen LogP contribution >= 0.6 is 0 Å². The predicted octanol–water partition coefficient (Wildman–Crippen LogP) is 2.26.